The fourth-order valence-corrected chi connectivity index (χ4v) is 2.95. The normalized spacial score (nSPS) is 11.8. The van der Waals surface area contributed by atoms with Crippen LogP contribution < -0.4 is 10.1 Å². The molecule has 1 aromatic heterocycles. The van der Waals surface area contributed by atoms with Gasteiger partial charge in [0.1, 0.15) is 5.75 Å². The fraction of sp³-hybridized carbons (Fsp3) is 0.435. The predicted octanol–water partition coefficient (Wildman–Crippen LogP) is 4.00. The van der Waals surface area contributed by atoms with Crippen LogP contribution in [0.2, 0.25) is 0 Å². The molecule has 0 aliphatic carbocycles. The van der Waals surface area contributed by atoms with E-state index in [-0.39, 0.29) is 19.1 Å². The Hall–Kier alpha value is -3.13. The molecule has 2 aromatic rings. The third kappa shape index (κ3) is 8.25. The molecule has 1 atom stereocenters. The summed E-state index contributed by atoms with van der Waals surface area (Å²) in [6.07, 6.45) is -1.18. The Bertz CT molecular complexity index is 884. The van der Waals surface area contributed by atoms with Crippen LogP contribution in [-0.4, -0.2) is 47.6 Å². The van der Waals surface area contributed by atoms with Crippen molar-refractivity contribution in [2.45, 2.75) is 52.7 Å². The minimum absolute atomic E-state index is 0.155. The SMILES string of the molecule is CCOc1ccc(CC(OC(C)C)C(=O)O)cc1NC(=O)OCCc1cccc(C)n1. The van der Waals surface area contributed by atoms with Crippen molar-refractivity contribution in [2.24, 2.45) is 0 Å². The van der Waals surface area contributed by atoms with Crippen LogP contribution in [0, 0.1) is 6.92 Å². The molecule has 0 bridgehead atoms. The van der Waals surface area contributed by atoms with Gasteiger partial charge in [-0.3, -0.25) is 10.3 Å². The number of rotatable bonds is 11. The second kappa shape index (κ2) is 11.9. The molecular weight excluding hydrogens is 400 g/mol. The van der Waals surface area contributed by atoms with Crippen molar-refractivity contribution in [2.75, 3.05) is 18.5 Å². The highest BCUT2D eigenvalue weighted by atomic mass is 16.5. The van der Waals surface area contributed by atoms with E-state index >= 15 is 0 Å². The minimum atomic E-state index is -1.04. The van der Waals surface area contributed by atoms with E-state index in [0.717, 1.165) is 11.4 Å². The zero-order valence-electron chi connectivity index (χ0n) is 18.4. The monoisotopic (exact) mass is 430 g/mol. The van der Waals surface area contributed by atoms with Crippen LogP contribution in [0.5, 0.6) is 5.75 Å². The van der Waals surface area contributed by atoms with Gasteiger partial charge in [-0.1, -0.05) is 12.1 Å². The lowest BCUT2D eigenvalue weighted by Gasteiger charge is -2.18. The molecule has 0 aliphatic rings. The molecule has 2 N–H and O–H groups in total. The number of carboxylic acids is 1. The molecule has 1 amide bonds. The van der Waals surface area contributed by atoms with Crippen LogP contribution >= 0.6 is 0 Å². The average Bonchev–Trinajstić information content (AvgIpc) is 2.69. The first-order chi connectivity index (χ1) is 14.8. The molecule has 0 fully saturated rings. The summed E-state index contributed by atoms with van der Waals surface area (Å²) in [5, 5.41) is 12.1. The van der Waals surface area contributed by atoms with Crippen molar-refractivity contribution in [1.82, 2.24) is 4.98 Å². The van der Waals surface area contributed by atoms with Crippen LogP contribution in [-0.2, 0) is 27.1 Å². The molecule has 2 rings (SSSR count). The average molecular weight is 431 g/mol. The molecule has 0 saturated carbocycles. The third-order valence-electron chi connectivity index (χ3n) is 4.25. The maximum Gasteiger partial charge on any atom is 0.411 e. The summed E-state index contributed by atoms with van der Waals surface area (Å²) >= 11 is 0. The lowest BCUT2D eigenvalue weighted by Crippen LogP contribution is -2.29. The highest BCUT2D eigenvalue weighted by Gasteiger charge is 2.21. The van der Waals surface area contributed by atoms with Crippen molar-refractivity contribution in [3.8, 4) is 5.75 Å². The summed E-state index contributed by atoms with van der Waals surface area (Å²) < 4.78 is 16.3. The molecule has 8 heteroatoms. The Labute approximate surface area is 182 Å². The molecule has 31 heavy (non-hydrogen) atoms. The van der Waals surface area contributed by atoms with Crippen molar-refractivity contribution >= 4 is 17.7 Å². The van der Waals surface area contributed by atoms with Gasteiger partial charge in [-0.15, -0.1) is 0 Å². The number of aryl methyl sites for hydroxylation is 1. The van der Waals surface area contributed by atoms with E-state index in [1.165, 1.54) is 0 Å². The lowest BCUT2D eigenvalue weighted by atomic mass is 10.1. The molecule has 0 saturated heterocycles. The molecule has 0 spiro atoms. The standard InChI is InChI=1S/C23H30N2O6/c1-5-29-20-10-9-17(14-21(22(26)27)31-15(2)3)13-19(20)25-23(28)30-12-11-18-8-6-7-16(4)24-18/h6-10,13,15,21H,5,11-12,14H2,1-4H3,(H,25,28)(H,26,27). The summed E-state index contributed by atoms with van der Waals surface area (Å²) in [4.78, 5) is 28.1. The molecule has 168 valence electrons. The van der Waals surface area contributed by atoms with Crippen molar-refractivity contribution in [3.05, 3.63) is 53.3 Å². The maximum atomic E-state index is 12.3. The number of hydrogen-bond donors (Lipinski definition) is 2. The number of aromatic nitrogens is 1. The number of nitrogens with one attached hydrogen (secondary N) is 1. The molecule has 8 nitrogen and oxygen atoms in total. The Kier molecular flexibility index (Phi) is 9.27. The van der Waals surface area contributed by atoms with Crippen LogP contribution in [0.1, 0.15) is 37.7 Å². The summed E-state index contributed by atoms with van der Waals surface area (Å²) in [5.41, 5.74) is 2.85. The van der Waals surface area contributed by atoms with Crippen LogP contribution in [0.4, 0.5) is 10.5 Å². The van der Waals surface area contributed by atoms with Gasteiger partial charge in [0.15, 0.2) is 6.10 Å². The predicted molar refractivity (Wildman–Crippen MR) is 117 cm³/mol. The summed E-state index contributed by atoms with van der Waals surface area (Å²) in [7, 11) is 0. The summed E-state index contributed by atoms with van der Waals surface area (Å²) in [6.45, 7) is 7.89. The minimum Gasteiger partial charge on any atom is -0.492 e. The van der Waals surface area contributed by atoms with Crippen molar-refractivity contribution in [3.63, 3.8) is 0 Å². The Morgan fingerprint density at radius 2 is 1.97 bits per heavy atom. The molecule has 1 unspecified atom stereocenters. The van der Waals surface area contributed by atoms with E-state index in [1.807, 2.05) is 32.0 Å². The first kappa shape index (κ1) is 24.1. The number of hydrogen-bond acceptors (Lipinski definition) is 6. The highest BCUT2D eigenvalue weighted by Crippen LogP contribution is 2.27. The van der Waals surface area contributed by atoms with Gasteiger partial charge in [-0.05, 0) is 57.5 Å². The van der Waals surface area contributed by atoms with Crippen LogP contribution in [0.3, 0.4) is 0 Å². The maximum absolute atomic E-state index is 12.3. The van der Waals surface area contributed by atoms with Gasteiger partial charge in [-0.25, -0.2) is 9.59 Å². The number of carbonyl (C=O) groups excluding carboxylic acids is 1. The Morgan fingerprint density at radius 3 is 2.61 bits per heavy atom. The number of carboxylic acid groups (broad SMARTS) is 1. The van der Waals surface area contributed by atoms with Crippen LogP contribution in [0.25, 0.3) is 0 Å². The van der Waals surface area contributed by atoms with E-state index in [0.29, 0.717) is 30.0 Å². The zero-order chi connectivity index (χ0) is 22.8. The van der Waals surface area contributed by atoms with E-state index in [9.17, 15) is 14.7 Å². The first-order valence-electron chi connectivity index (χ1n) is 10.3. The van der Waals surface area contributed by atoms with Crippen LogP contribution in [0.15, 0.2) is 36.4 Å². The number of carbonyl (C=O) groups is 2. The molecule has 0 radical (unpaired) electrons. The number of amides is 1. The first-order valence-corrected chi connectivity index (χ1v) is 10.3. The second-order valence-electron chi connectivity index (χ2n) is 7.26. The third-order valence-corrected chi connectivity index (χ3v) is 4.25. The number of aliphatic carboxylic acids is 1. The molecule has 1 heterocycles. The topological polar surface area (TPSA) is 107 Å². The van der Waals surface area contributed by atoms with Gasteiger partial charge >= 0.3 is 12.1 Å². The van der Waals surface area contributed by atoms with Gasteiger partial charge in [0, 0.05) is 24.2 Å². The fourth-order valence-electron chi connectivity index (χ4n) is 2.95. The van der Waals surface area contributed by atoms with Gasteiger partial charge in [-0.2, -0.15) is 0 Å². The van der Waals surface area contributed by atoms with Crippen molar-refractivity contribution < 1.29 is 28.9 Å². The van der Waals surface area contributed by atoms with Gasteiger partial charge in [0.05, 0.1) is 25.0 Å². The Balaban J connectivity index is 2.03. The highest BCUT2D eigenvalue weighted by molar-refractivity contribution is 5.87. The van der Waals surface area contributed by atoms with E-state index in [2.05, 4.69) is 10.3 Å². The molecule has 1 aromatic carbocycles. The van der Waals surface area contributed by atoms with Gasteiger partial charge in [0.2, 0.25) is 0 Å². The number of benzene rings is 1. The quantitative estimate of drug-likeness (QED) is 0.555. The lowest BCUT2D eigenvalue weighted by molar-refractivity contribution is -0.153. The van der Waals surface area contributed by atoms with E-state index in [4.69, 9.17) is 14.2 Å². The Morgan fingerprint density at radius 1 is 1.19 bits per heavy atom. The van der Waals surface area contributed by atoms with E-state index < -0.39 is 18.2 Å². The number of ether oxygens (including phenoxy) is 3. The summed E-state index contributed by atoms with van der Waals surface area (Å²) in [6, 6.07) is 10.8. The van der Waals surface area contributed by atoms with E-state index in [1.54, 1.807) is 32.0 Å². The van der Waals surface area contributed by atoms with Gasteiger partial charge < -0.3 is 19.3 Å². The zero-order valence-corrected chi connectivity index (χ0v) is 18.4. The second-order valence-corrected chi connectivity index (χ2v) is 7.26. The summed E-state index contributed by atoms with van der Waals surface area (Å²) in [5.74, 6) is -0.568. The number of anilines is 1. The van der Waals surface area contributed by atoms with Crippen molar-refractivity contribution in [1.29, 1.82) is 0 Å². The smallest absolute Gasteiger partial charge is 0.411 e. The molecular formula is C23H30N2O6. The van der Waals surface area contributed by atoms with Gasteiger partial charge in [0.25, 0.3) is 0 Å². The number of nitrogens with zero attached hydrogens (tertiary/aromatic N) is 1. The largest absolute Gasteiger partial charge is 0.492 e. The molecule has 0 aliphatic heterocycles. The number of pyridine rings is 1.